The third-order valence-electron chi connectivity index (χ3n) is 4.25. The Bertz CT molecular complexity index is 641. The number of nitrogens with zero attached hydrogens (tertiary/aromatic N) is 2. The molecule has 0 aliphatic carbocycles. The van der Waals surface area contributed by atoms with E-state index in [1.54, 1.807) is 18.7 Å². The third-order valence-corrected chi connectivity index (χ3v) is 5.31. The fraction of sp³-hybridized carbons (Fsp3) is 0.600. The molecule has 0 spiro atoms. The molecular weight excluding hydrogens is 318 g/mol. The minimum absolute atomic E-state index is 0.00756. The maximum Gasteiger partial charge on any atom is 0.350 e. The highest BCUT2D eigenvalue weighted by atomic mass is 32.1. The molecule has 8 heteroatoms. The first kappa shape index (κ1) is 15.9. The Hall–Kier alpha value is -1.96. The molecular formula is C15H19N3O4S. The molecule has 124 valence electrons. The molecule has 3 rings (SSSR count). The maximum absolute atomic E-state index is 12.5. The summed E-state index contributed by atoms with van der Waals surface area (Å²) in [5, 5.41) is 3.14. The minimum Gasteiger partial charge on any atom is -0.462 e. The fourth-order valence-electron chi connectivity index (χ4n) is 3.29. The van der Waals surface area contributed by atoms with Crippen LogP contribution in [0.2, 0.25) is 0 Å². The highest BCUT2D eigenvalue weighted by molar-refractivity contribution is 7.17. The van der Waals surface area contributed by atoms with Crippen LogP contribution in [-0.2, 0) is 9.53 Å². The van der Waals surface area contributed by atoms with E-state index in [-0.39, 0.29) is 23.9 Å². The van der Waals surface area contributed by atoms with Crippen molar-refractivity contribution in [1.29, 1.82) is 0 Å². The molecule has 2 amide bonds. The summed E-state index contributed by atoms with van der Waals surface area (Å²) in [4.78, 5) is 42.3. The average Bonchev–Trinajstić information content (AvgIpc) is 2.97. The first-order valence-electron chi connectivity index (χ1n) is 7.75. The van der Waals surface area contributed by atoms with E-state index in [9.17, 15) is 14.4 Å². The molecule has 0 radical (unpaired) electrons. The van der Waals surface area contributed by atoms with Gasteiger partial charge in [0, 0.05) is 24.9 Å². The Kier molecular flexibility index (Phi) is 4.34. The summed E-state index contributed by atoms with van der Waals surface area (Å²) in [6.45, 7) is 3.75. The lowest BCUT2D eigenvalue weighted by atomic mass is 10.0. The van der Waals surface area contributed by atoms with Gasteiger partial charge in [0.15, 0.2) is 5.13 Å². The number of hydrogen-bond acceptors (Lipinski definition) is 6. The number of ketones is 1. The maximum atomic E-state index is 12.5. The van der Waals surface area contributed by atoms with Gasteiger partial charge in [0.2, 0.25) is 0 Å². The van der Waals surface area contributed by atoms with E-state index in [1.807, 2.05) is 0 Å². The molecule has 23 heavy (non-hydrogen) atoms. The van der Waals surface area contributed by atoms with Crippen LogP contribution in [0.25, 0.3) is 0 Å². The number of aryl methyl sites for hydroxylation is 1. The van der Waals surface area contributed by atoms with Gasteiger partial charge in [0.1, 0.15) is 10.7 Å². The van der Waals surface area contributed by atoms with E-state index in [2.05, 4.69) is 10.3 Å². The second-order valence-corrected chi connectivity index (χ2v) is 6.82. The van der Waals surface area contributed by atoms with E-state index in [1.165, 1.54) is 0 Å². The van der Waals surface area contributed by atoms with Crippen molar-refractivity contribution in [3.05, 3.63) is 10.6 Å². The lowest BCUT2D eigenvalue weighted by molar-refractivity contribution is -0.122. The van der Waals surface area contributed by atoms with Crippen LogP contribution in [0.1, 0.15) is 48.0 Å². The number of carbonyl (C=O) groups excluding carboxylic acids is 3. The molecule has 2 atom stereocenters. The second-order valence-electron chi connectivity index (χ2n) is 5.82. The average molecular weight is 337 g/mol. The van der Waals surface area contributed by atoms with E-state index < -0.39 is 5.97 Å². The van der Waals surface area contributed by atoms with E-state index in [0.717, 1.165) is 24.2 Å². The Morgan fingerprint density at radius 1 is 1.35 bits per heavy atom. The van der Waals surface area contributed by atoms with E-state index in [0.29, 0.717) is 35.2 Å². The standard InChI is InChI=1S/C15H19N3O4S/c1-3-22-13(20)12-8(2)16-14(23-12)17-15(21)18-9-4-5-10(18)7-11(19)6-9/h9-10H,3-7H2,1-2H3,(H,16,17,21). The number of urea groups is 1. The summed E-state index contributed by atoms with van der Waals surface area (Å²) >= 11 is 1.11. The zero-order chi connectivity index (χ0) is 16.6. The first-order valence-corrected chi connectivity index (χ1v) is 8.56. The Morgan fingerprint density at radius 2 is 2.00 bits per heavy atom. The van der Waals surface area contributed by atoms with Gasteiger partial charge in [-0.25, -0.2) is 14.6 Å². The van der Waals surface area contributed by atoms with Gasteiger partial charge in [-0.3, -0.25) is 10.1 Å². The SMILES string of the molecule is CCOC(=O)c1sc(NC(=O)N2C3CCC2CC(=O)C3)nc1C. The Balaban J connectivity index is 1.70. The number of amides is 2. The number of ether oxygens (including phenoxy) is 1. The zero-order valence-electron chi connectivity index (χ0n) is 13.1. The van der Waals surface area contributed by atoms with Gasteiger partial charge >= 0.3 is 12.0 Å². The highest BCUT2D eigenvalue weighted by Gasteiger charge is 2.43. The van der Waals surface area contributed by atoms with Crippen LogP contribution in [0.3, 0.4) is 0 Å². The van der Waals surface area contributed by atoms with Gasteiger partial charge in [-0.2, -0.15) is 0 Å². The lowest BCUT2D eigenvalue weighted by Crippen LogP contribution is -2.48. The summed E-state index contributed by atoms with van der Waals surface area (Å²) in [5.41, 5.74) is 0.542. The van der Waals surface area contributed by atoms with Crippen molar-refractivity contribution in [1.82, 2.24) is 9.88 Å². The largest absolute Gasteiger partial charge is 0.462 e. The van der Waals surface area contributed by atoms with Crippen LogP contribution in [0.5, 0.6) is 0 Å². The van der Waals surface area contributed by atoms with Gasteiger partial charge in [0.05, 0.1) is 12.3 Å². The number of fused-ring (bicyclic) bond motifs is 2. The van der Waals surface area contributed by atoms with Crippen molar-refractivity contribution in [2.75, 3.05) is 11.9 Å². The smallest absolute Gasteiger partial charge is 0.350 e. The molecule has 0 saturated carbocycles. The lowest BCUT2D eigenvalue weighted by Gasteiger charge is -2.33. The van der Waals surface area contributed by atoms with Crippen LogP contribution >= 0.6 is 11.3 Å². The molecule has 0 aromatic carbocycles. The van der Waals surface area contributed by atoms with Crippen LogP contribution in [0, 0.1) is 6.92 Å². The molecule has 2 saturated heterocycles. The number of hydrogen-bond donors (Lipinski definition) is 1. The van der Waals surface area contributed by atoms with Crippen molar-refractivity contribution >= 4 is 34.3 Å². The minimum atomic E-state index is -0.424. The number of esters is 1. The zero-order valence-corrected chi connectivity index (χ0v) is 13.9. The Labute approximate surface area is 138 Å². The summed E-state index contributed by atoms with van der Waals surface area (Å²) in [7, 11) is 0. The van der Waals surface area contributed by atoms with Gasteiger partial charge in [0.25, 0.3) is 0 Å². The van der Waals surface area contributed by atoms with Crippen molar-refractivity contribution in [2.24, 2.45) is 0 Å². The highest BCUT2D eigenvalue weighted by Crippen LogP contribution is 2.34. The predicted molar refractivity (Wildman–Crippen MR) is 84.7 cm³/mol. The molecule has 3 heterocycles. The van der Waals surface area contributed by atoms with Gasteiger partial charge in [-0.1, -0.05) is 11.3 Å². The summed E-state index contributed by atoms with van der Waals surface area (Å²) < 4.78 is 4.97. The number of piperidine rings is 1. The molecule has 2 bridgehead atoms. The molecule has 1 aromatic heterocycles. The van der Waals surface area contributed by atoms with Crippen LogP contribution in [0.15, 0.2) is 0 Å². The summed E-state index contributed by atoms with van der Waals surface area (Å²) in [5.74, 6) is -0.192. The summed E-state index contributed by atoms with van der Waals surface area (Å²) in [6.07, 6.45) is 2.62. The van der Waals surface area contributed by atoms with Gasteiger partial charge in [-0.05, 0) is 26.7 Å². The van der Waals surface area contributed by atoms with Crippen LogP contribution < -0.4 is 5.32 Å². The van der Waals surface area contributed by atoms with Gasteiger partial charge < -0.3 is 9.64 Å². The number of nitrogens with one attached hydrogen (secondary N) is 1. The number of rotatable bonds is 3. The monoisotopic (exact) mass is 337 g/mol. The molecule has 1 aromatic rings. The van der Waals surface area contributed by atoms with E-state index >= 15 is 0 Å². The molecule has 2 unspecified atom stereocenters. The first-order chi connectivity index (χ1) is 11.0. The van der Waals surface area contributed by atoms with Crippen molar-refractivity contribution < 1.29 is 19.1 Å². The van der Waals surface area contributed by atoms with Crippen LogP contribution in [-0.4, -0.2) is 46.4 Å². The molecule has 2 aliphatic rings. The predicted octanol–water partition coefficient (Wildman–Crippen LogP) is 2.36. The van der Waals surface area contributed by atoms with Crippen molar-refractivity contribution in [2.45, 2.75) is 51.6 Å². The van der Waals surface area contributed by atoms with Crippen LogP contribution in [0.4, 0.5) is 9.93 Å². The number of thiazole rings is 1. The van der Waals surface area contributed by atoms with E-state index in [4.69, 9.17) is 4.74 Å². The number of Topliss-reactive ketones (excluding diaryl/α,β-unsaturated/α-hetero) is 1. The summed E-state index contributed by atoms with van der Waals surface area (Å²) in [6, 6.07) is -0.257. The fourth-order valence-corrected chi connectivity index (χ4v) is 4.14. The molecule has 2 fully saturated rings. The normalized spacial score (nSPS) is 23.0. The number of anilines is 1. The topological polar surface area (TPSA) is 88.6 Å². The number of carbonyl (C=O) groups is 3. The third kappa shape index (κ3) is 3.08. The number of aromatic nitrogens is 1. The molecule has 2 aliphatic heterocycles. The van der Waals surface area contributed by atoms with Gasteiger partial charge in [-0.15, -0.1) is 0 Å². The molecule has 7 nitrogen and oxygen atoms in total. The Morgan fingerprint density at radius 3 is 2.61 bits per heavy atom. The molecule has 1 N–H and O–H groups in total. The quantitative estimate of drug-likeness (QED) is 0.855. The van der Waals surface area contributed by atoms with Crippen molar-refractivity contribution in [3.8, 4) is 0 Å². The van der Waals surface area contributed by atoms with Crippen molar-refractivity contribution in [3.63, 3.8) is 0 Å². The second kappa shape index (κ2) is 6.27.